The summed E-state index contributed by atoms with van der Waals surface area (Å²) in [4.78, 5) is 27.8. The molecule has 1 aliphatic rings. The summed E-state index contributed by atoms with van der Waals surface area (Å²) < 4.78 is 0. The Kier molecular flexibility index (Phi) is 5.71. The van der Waals surface area contributed by atoms with E-state index in [9.17, 15) is 9.59 Å². The SMILES string of the molecule is O=C(NCCCc1ccccc1)[C@@H](c1ccccc1)N1Cc2ccccc2C1=O. The van der Waals surface area contributed by atoms with Crippen molar-refractivity contribution in [2.45, 2.75) is 25.4 Å². The minimum atomic E-state index is -0.632. The highest BCUT2D eigenvalue weighted by Gasteiger charge is 2.36. The minimum absolute atomic E-state index is 0.0890. The lowest BCUT2D eigenvalue weighted by atomic mass is 10.0. The highest BCUT2D eigenvalue weighted by Crippen LogP contribution is 2.31. The Bertz CT molecular complexity index is 986. The summed E-state index contributed by atoms with van der Waals surface area (Å²) in [7, 11) is 0. The zero-order valence-electron chi connectivity index (χ0n) is 16.3. The number of rotatable bonds is 7. The van der Waals surface area contributed by atoms with Crippen LogP contribution in [0.25, 0.3) is 0 Å². The second kappa shape index (κ2) is 8.74. The summed E-state index contributed by atoms with van der Waals surface area (Å²) in [5, 5.41) is 3.04. The van der Waals surface area contributed by atoms with E-state index in [4.69, 9.17) is 0 Å². The van der Waals surface area contributed by atoms with Crippen molar-refractivity contribution in [3.63, 3.8) is 0 Å². The second-order valence-corrected chi connectivity index (χ2v) is 7.28. The van der Waals surface area contributed by atoms with Gasteiger partial charge in [0.25, 0.3) is 5.91 Å². The standard InChI is InChI=1S/C25H24N2O2/c28-24(26-17-9-12-19-10-3-1-4-11-19)23(20-13-5-2-6-14-20)27-18-21-15-7-8-16-22(21)25(27)29/h1-8,10-11,13-16,23H,9,12,17-18H2,(H,26,28)/t23-/m1/s1. The molecule has 0 saturated heterocycles. The van der Waals surface area contributed by atoms with Gasteiger partial charge in [-0.15, -0.1) is 0 Å². The van der Waals surface area contributed by atoms with E-state index in [1.54, 1.807) is 4.90 Å². The normalized spacial score (nSPS) is 13.8. The zero-order valence-corrected chi connectivity index (χ0v) is 16.3. The van der Waals surface area contributed by atoms with E-state index in [1.807, 2.05) is 72.8 Å². The molecule has 4 rings (SSSR count). The van der Waals surface area contributed by atoms with E-state index in [0.717, 1.165) is 24.0 Å². The highest BCUT2D eigenvalue weighted by atomic mass is 16.2. The van der Waals surface area contributed by atoms with Crippen LogP contribution in [-0.2, 0) is 17.8 Å². The van der Waals surface area contributed by atoms with E-state index in [-0.39, 0.29) is 11.8 Å². The van der Waals surface area contributed by atoms with Crippen LogP contribution < -0.4 is 5.32 Å². The summed E-state index contributed by atoms with van der Waals surface area (Å²) in [6.45, 7) is 1.03. The summed E-state index contributed by atoms with van der Waals surface area (Å²) in [5.41, 5.74) is 3.74. The first-order valence-corrected chi connectivity index (χ1v) is 9.99. The van der Waals surface area contributed by atoms with E-state index < -0.39 is 6.04 Å². The smallest absolute Gasteiger partial charge is 0.255 e. The number of hydrogen-bond donors (Lipinski definition) is 1. The zero-order chi connectivity index (χ0) is 20.1. The van der Waals surface area contributed by atoms with Crippen LogP contribution in [0, 0.1) is 0 Å². The number of amides is 2. The van der Waals surface area contributed by atoms with Gasteiger partial charge in [-0.05, 0) is 35.6 Å². The van der Waals surface area contributed by atoms with Crippen molar-refractivity contribution in [2.75, 3.05) is 6.54 Å². The van der Waals surface area contributed by atoms with E-state index in [2.05, 4.69) is 17.4 Å². The van der Waals surface area contributed by atoms with Crippen LogP contribution >= 0.6 is 0 Å². The van der Waals surface area contributed by atoms with Crippen LogP contribution in [0.2, 0.25) is 0 Å². The summed E-state index contributed by atoms with van der Waals surface area (Å²) in [6.07, 6.45) is 1.76. The molecule has 3 aromatic carbocycles. The maximum Gasteiger partial charge on any atom is 0.255 e. The molecule has 0 aromatic heterocycles. The Morgan fingerprint density at radius 2 is 1.55 bits per heavy atom. The molecule has 0 fully saturated rings. The van der Waals surface area contributed by atoms with Crippen LogP contribution in [0.4, 0.5) is 0 Å². The Balaban J connectivity index is 1.47. The first kappa shape index (κ1) is 18.9. The molecule has 1 aliphatic heterocycles. The van der Waals surface area contributed by atoms with Crippen molar-refractivity contribution in [2.24, 2.45) is 0 Å². The third-order valence-electron chi connectivity index (χ3n) is 5.31. The molecule has 1 heterocycles. The fourth-order valence-corrected chi connectivity index (χ4v) is 3.84. The van der Waals surface area contributed by atoms with Gasteiger partial charge in [0.2, 0.25) is 5.91 Å². The number of fused-ring (bicyclic) bond motifs is 1. The Labute approximate surface area is 171 Å². The fourth-order valence-electron chi connectivity index (χ4n) is 3.84. The fraction of sp³-hybridized carbons (Fsp3) is 0.200. The molecule has 2 amide bonds. The molecule has 3 aromatic rings. The van der Waals surface area contributed by atoms with Gasteiger partial charge >= 0.3 is 0 Å². The minimum Gasteiger partial charge on any atom is -0.354 e. The summed E-state index contributed by atoms with van der Waals surface area (Å²) >= 11 is 0. The first-order valence-electron chi connectivity index (χ1n) is 9.99. The molecular formula is C25H24N2O2. The van der Waals surface area contributed by atoms with Crippen molar-refractivity contribution >= 4 is 11.8 Å². The highest BCUT2D eigenvalue weighted by molar-refractivity contribution is 6.01. The molecule has 1 N–H and O–H groups in total. The molecule has 4 heteroatoms. The number of carbonyl (C=O) groups excluding carboxylic acids is 2. The first-order chi connectivity index (χ1) is 14.2. The van der Waals surface area contributed by atoms with Gasteiger partial charge in [-0.3, -0.25) is 9.59 Å². The lowest BCUT2D eigenvalue weighted by Crippen LogP contribution is -2.41. The Morgan fingerprint density at radius 1 is 0.897 bits per heavy atom. The average Bonchev–Trinajstić information content (AvgIpc) is 3.09. The van der Waals surface area contributed by atoms with Gasteiger partial charge in [-0.2, -0.15) is 0 Å². The van der Waals surface area contributed by atoms with Gasteiger partial charge in [-0.25, -0.2) is 0 Å². The molecule has 146 valence electrons. The van der Waals surface area contributed by atoms with Gasteiger partial charge < -0.3 is 10.2 Å². The predicted octanol–water partition coefficient (Wildman–Crippen LogP) is 4.13. The molecule has 0 spiro atoms. The van der Waals surface area contributed by atoms with Crippen LogP contribution in [0.15, 0.2) is 84.9 Å². The summed E-state index contributed by atoms with van der Waals surface area (Å²) in [6, 6.07) is 26.7. The molecule has 1 atom stereocenters. The van der Waals surface area contributed by atoms with Gasteiger partial charge in [0.05, 0.1) is 0 Å². The molecular weight excluding hydrogens is 360 g/mol. The monoisotopic (exact) mass is 384 g/mol. The largest absolute Gasteiger partial charge is 0.354 e. The maximum atomic E-state index is 13.1. The number of nitrogens with one attached hydrogen (secondary N) is 1. The van der Waals surface area contributed by atoms with E-state index in [1.165, 1.54) is 5.56 Å². The average molecular weight is 384 g/mol. The third kappa shape index (κ3) is 4.21. The van der Waals surface area contributed by atoms with Gasteiger partial charge in [-0.1, -0.05) is 78.9 Å². The van der Waals surface area contributed by atoms with Crippen LogP contribution in [0.5, 0.6) is 0 Å². The topological polar surface area (TPSA) is 49.4 Å². The lowest BCUT2D eigenvalue weighted by molar-refractivity contribution is -0.126. The van der Waals surface area contributed by atoms with Crippen molar-refractivity contribution in [3.8, 4) is 0 Å². The van der Waals surface area contributed by atoms with Crippen LogP contribution in [0.1, 0.15) is 39.5 Å². The van der Waals surface area contributed by atoms with Crippen LogP contribution in [0.3, 0.4) is 0 Å². The van der Waals surface area contributed by atoms with Crippen molar-refractivity contribution in [1.82, 2.24) is 10.2 Å². The molecule has 4 nitrogen and oxygen atoms in total. The summed E-state index contributed by atoms with van der Waals surface area (Å²) in [5.74, 6) is -0.223. The van der Waals surface area contributed by atoms with Gasteiger partial charge in [0, 0.05) is 18.7 Å². The Morgan fingerprint density at radius 3 is 2.28 bits per heavy atom. The number of carbonyl (C=O) groups is 2. The second-order valence-electron chi connectivity index (χ2n) is 7.28. The number of hydrogen-bond acceptors (Lipinski definition) is 2. The van der Waals surface area contributed by atoms with E-state index >= 15 is 0 Å². The maximum absolute atomic E-state index is 13.1. The number of aryl methyl sites for hydroxylation is 1. The lowest BCUT2D eigenvalue weighted by Gasteiger charge is -2.27. The van der Waals surface area contributed by atoms with Crippen molar-refractivity contribution < 1.29 is 9.59 Å². The number of nitrogens with zero attached hydrogens (tertiary/aromatic N) is 1. The number of benzene rings is 3. The molecule has 0 unspecified atom stereocenters. The predicted molar refractivity (Wildman–Crippen MR) is 113 cm³/mol. The van der Waals surface area contributed by atoms with Crippen molar-refractivity contribution in [1.29, 1.82) is 0 Å². The van der Waals surface area contributed by atoms with Gasteiger partial charge in [0.15, 0.2) is 0 Å². The molecule has 0 saturated carbocycles. The van der Waals surface area contributed by atoms with Gasteiger partial charge in [0.1, 0.15) is 6.04 Å². The van der Waals surface area contributed by atoms with E-state index in [0.29, 0.717) is 18.7 Å². The quantitative estimate of drug-likeness (QED) is 0.623. The molecule has 29 heavy (non-hydrogen) atoms. The molecule has 0 aliphatic carbocycles. The van der Waals surface area contributed by atoms with Crippen LogP contribution in [-0.4, -0.2) is 23.3 Å². The molecule has 0 bridgehead atoms. The Hall–Kier alpha value is -3.40. The van der Waals surface area contributed by atoms with Crippen molar-refractivity contribution in [3.05, 3.63) is 107 Å². The molecule has 0 radical (unpaired) electrons. The third-order valence-corrected chi connectivity index (χ3v) is 5.31.